The van der Waals surface area contributed by atoms with E-state index in [0.717, 1.165) is 85.3 Å². The molecule has 1 fully saturated rings. The highest BCUT2D eigenvalue weighted by molar-refractivity contribution is 9.10. The summed E-state index contributed by atoms with van der Waals surface area (Å²) in [6, 6.07) is 58.7. The molecular formula is C85H89BBrCl2FN19O16S+. The molecule has 1 aliphatic rings. The summed E-state index contributed by atoms with van der Waals surface area (Å²) >= 11 is 3.32. The number of aromatic amines is 7. The van der Waals surface area contributed by atoms with E-state index in [9.17, 15) is 37.5 Å². The van der Waals surface area contributed by atoms with Crippen molar-refractivity contribution < 1.29 is 81.7 Å². The first kappa shape index (κ1) is 100. The van der Waals surface area contributed by atoms with Gasteiger partial charge < -0.3 is 98.6 Å². The van der Waals surface area contributed by atoms with E-state index in [1.165, 1.54) is 46.3 Å². The lowest BCUT2D eigenvalue weighted by molar-refractivity contribution is -0.378. The number of aromatic carboxylic acids is 1. The summed E-state index contributed by atoms with van der Waals surface area (Å²) in [6.07, 6.45) is 19.1. The Morgan fingerprint density at radius 2 is 0.944 bits per heavy atom. The van der Waals surface area contributed by atoms with Crippen molar-refractivity contribution in [3.63, 3.8) is 0 Å². The topological polar surface area (TPSA) is 606 Å². The number of hydrogen-bond donors (Lipinski definition) is 15. The molecule has 0 unspecified atom stereocenters. The zero-order valence-electron chi connectivity index (χ0n) is 68.0. The van der Waals surface area contributed by atoms with Gasteiger partial charge in [-0.3, -0.25) is 9.35 Å². The first-order valence-electron chi connectivity index (χ1n) is 36.8. The van der Waals surface area contributed by atoms with Gasteiger partial charge in [-0.15, -0.1) is 4.91 Å². The Morgan fingerprint density at radius 1 is 0.540 bits per heavy atom. The number of nitrogen functional groups attached to an aromatic ring is 3. The van der Waals surface area contributed by atoms with Gasteiger partial charge in [0.2, 0.25) is 0 Å². The van der Waals surface area contributed by atoms with Crippen molar-refractivity contribution in [3.05, 3.63) is 305 Å². The van der Waals surface area contributed by atoms with Crippen molar-refractivity contribution in [3.8, 4) is 22.3 Å². The van der Waals surface area contributed by atoms with Gasteiger partial charge in [0, 0.05) is 151 Å². The third-order valence-electron chi connectivity index (χ3n) is 16.7. The predicted octanol–water partition coefficient (Wildman–Crippen LogP) is 14.1. The third-order valence-corrected chi connectivity index (χ3v) is 17.5. The Kier molecular flexibility index (Phi) is 39.0. The standard InChI is InChI=1S/C15H13N3O2.C14H12N4O.C9H7BrN2O2.C9H8N2O2.C8H6N2O2.C7H6FNO.C7H6N2.C6H8BNO2.C5H5N.C4H8O.CH4Cl2O2S.H3N.H2O/c1-20-15(19)13-12(9-4-6-10(16)7-5-9)11-3-2-8-17-14(11)18-13;15-9-5-3-8(4-6-9)11-10-2-1-7-17-14(10)18-12(11)13(16)19;1-14-9(13)7-6(10)5-3-2-4-11-8(5)12-7;1-13-9(12)7-5-6-3-2-4-10-8(6)11-7;11-8(12)6-4-5-2-1-3-9-7(5)10-6;1-5-2-3-6(8)7(4-5)9-10;1-2-6-3-5-9-7(6)8-4-1;8-6-3-1-5(2-4-6)7(9)10;1-2-4-6-5-3-1;1-2-4-5-3-1;1-6(2,3,4)5;;/h2-8H,16H2,1H3,(H,17,18);1-7H,15H2,(H2,16,19)(H,17,18);2-4H,1H3,(H,11,12);2-5H,1H3,(H,10,11);1-4H,(H,9,10)(H,11,12);2-4H,1H3;1-5H,(H,8,9);1-4,9-10H,8H2;1-5H;1-4H2;1H3,(H,4,5);1H3;1H2/p+1. The van der Waals surface area contributed by atoms with E-state index in [-0.39, 0.29) is 29.0 Å². The van der Waals surface area contributed by atoms with Crippen LogP contribution in [0.2, 0.25) is 0 Å². The van der Waals surface area contributed by atoms with E-state index >= 15 is 0 Å². The maximum atomic E-state index is 12.5. The van der Waals surface area contributed by atoms with Crippen molar-refractivity contribution in [2.75, 3.05) is 58.0 Å². The first-order chi connectivity index (χ1) is 59.3. The highest BCUT2D eigenvalue weighted by atomic mass is 79.9. The van der Waals surface area contributed by atoms with Crippen LogP contribution in [0.3, 0.4) is 0 Å². The maximum absolute atomic E-state index is 12.5. The molecule has 0 spiro atoms. The van der Waals surface area contributed by atoms with Gasteiger partial charge in [-0.05, 0) is 203 Å². The number of fused-ring (bicyclic) bond motifs is 6. The lowest BCUT2D eigenvalue weighted by Gasteiger charge is -2.18. The summed E-state index contributed by atoms with van der Waals surface area (Å²) in [6.45, 7) is 3.77. The minimum Gasteiger partial charge on any atom is -0.477 e. The fourth-order valence-corrected chi connectivity index (χ4v) is 11.5. The molecule has 17 aromatic rings. The van der Waals surface area contributed by atoms with Gasteiger partial charge in [0.15, 0.2) is 18.2 Å². The summed E-state index contributed by atoms with van der Waals surface area (Å²) in [5, 5.41) is 33.9. The Bertz CT molecular complexity index is 6310. The van der Waals surface area contributed by atoms with Gasteiger partial charge in [0.1, 0.15) is 68.0 Å². The van der Waals surface area contributed by atoms with Gasteiger partial charge in [-0.1, -0.05) is 56.3 Å². The van der Waals surface area contributed by atoms with Crippen molar-refractivity contribution in [1.82, 2.24) is 66.0 Å². The van der Waals surface area contributed by atoms with Crippen LogP contribution >= 0.6 is 37.3 Å². The lowest BCUT2D eigenvalue weighted by Crippen LogP contribution is -2.29. The fraction of sp³-hybridized carbons (Fsp3) is 0.106. The van der Waals surface area contributed by atoms with Crippen LogP contribution in [0.5, 0.6) is 0 Å². The molecule has 0 saturated carbocycles. The smallest absolute Gasteiger partial charge is 0.477 e. The molecule has 13 aromatic heterocycles. The second kappa shape index (κ2) is 49.0. The number of primary amides is 1. The molecule has 41 heteroatoms. The summed E-state index contributed by atoms with van der Waals surface area (Å²) in [7, 11) is 7.81. The second-order valence-corrected chi connectivity index (χ2v) is 33.6. The van der Waals surface area contributed by atoms with E-state index in [1.807, 2.05) is 134 Å². The summed E-state index contributed by atoms with van der Waals surface area (Å²) < 4.78 is 50.1. The highest BCUT2D eigenvalue weighted by Crippen LogP contribution is 2.35. The maximum Gasteiger partial charge on any atom is 0.488 e. The van der Waals surface area contributed by atoms with Gasteiger partial charge >= 0.3 is 31.0 Å². The number of hydrogen-bond acceptors (Lipinski definition) is 24. The number of nitroso groups, excluding NO2 is 1. The second-order valence-electron chi connectivity index (χ2n) is 25.9. The number of rotatable bonds is 9. The third kappa shape index (κ3) is 31.1. The van der Waals surface area contributed by atoms with E-state index < -0.39 is 44.5 Å². The van der Waals surface area contributed by atoms with Crippen LogP contribution < -0.4 is 39.5 Å². The largest absolute Gasteiger partial charge is 0.488 e. The lowest BCUT2D eigenvalue weighted by atomic mass is 9.80. The Morgan fingerprint density at radius 3 is 1.34 bits per heavy atom. The number of benzene rings is 4. The predicted molar refractivity (Wildman–Crippen MR) is 491 cm³/mol. The van der Waals surface area contributed by atoms with Crippen LogP contribution in [-0.2, 0) is 26.7 Å². The number of nitrogens with zero attached hydrogens (tertiary/aromatic N) is 7. The number of carboxylic acids is 1. The zero-order valence-corrected chi connectivity index (χ0v) is 71.9. The van der Waals surface area contributed by atoms with Crippen molar-refractivity contribution in [2.45, 2.75) is 19.8 Å². The number of carbonyl (C=O) groups excluding carboxylic acids is 4. The molecule has 24 N–H and O–H groups in total. The number of amides is 1. The molecule has 0 bridgehead atoms. The number of H-pyrrole nitrogens is 7. The number of ether oxygens (including phenoxy) is 4. The van der Waals surface area contributed by atoms with Crippen LogP contribution in [0.15, 0.2) is 266 Å². The van der Waals surface area contributed by atoms with Crippen molar-refractivity contribution in [1.29, 1.82) is 0 Å². The van der Waals surface area contributed by atoms with Gasteiger partial charge in [0.25, 0.3) is 5.91 Å². The minimum atomic E-state index is -4.16. The van der Waals surface area contributed by atoms with Crippen molar-refractivity contribution in [2.24, 2.45) is 10.9 Å². The minimum absolute atomic E-state index is 0. The number of carboxylic acid groups (broad SMARTS) is 1. The van der Waals surface area contributed by atoms with E-state index in [1.54, 1.807) is 117 Å². The van der Waals surface area contributed by atoms with Crippen LogP contribution in [0.4, 0.5) is 27.1 Å². The molecule has 4 aromatic carbocycles. The molecule has 0 aliphatic carbocycles. The van der Waals surface area contributed by atoms with Crippen LogP contribution in [0.25, 0.3) is 88.5 Å². The molecule has 0 atom stereocenters. The first-order valence-corrected chi connectivity index (χ1v) is 41.5. The molecule has 1 saturated heterocycles. The monoisotopic (exact) mass is 1840 g/mol. The normalized spacial score (nSPS) is 11.0. The fourth-order valence-electron chi connectivity index (χ4n) is 11.0. The number of aromatic nitrogens is 13. The number of aryl methyl sites for hydroxylation is 1. The summed E-state index contributed by atoms with van der Waals surface area (Å²) in [4.78, 5) is 111. The number of nitrogens with one attached hydrogen (secondary N) is 7. The highest BCUT2D eigenvalue weighted by Gasteiger charge is 2.22. The number of halogens is 4. The average Bonchev–Trinajstić information content (AvgIpc) is 1.64. The summed E-state index contributed by atoms with van der Waals surface area (Å²) in [5.41, 5.74) is 34.5. The number of methoxy groups -OCH3 is 3. The molecule has 656 valence electrons. The number of nitrogens with two attached hydrogens (primary N) is 4. The van der Waals surface area contributed by atoms with E-state index in [2.05, 4.69) is 117 Å². The molecule has 35 nitrogen and oxygen atoms in total. The molecule has 0 radical (unpaired) electrons. The number of pyridine rings is 7. The SMILES string of the molecule is C1CCOC1.COC(=O)c1[nH]c2ncccc2c1-c1ccc(N)cc1.COC(=O)c1[nH]c2ncccc2c1Br.COC(=O)c1cc2cccnc2[nH]1.CS(=O)(O)(Cl)Cl.Cc1ccc(F)c(N=O)c1.N.NC(=O)c1[nH]c2ncccc2c1-c1ccc(N)cc1.Nc1ccc(B(O)O)cc1.O.O=C(O)c1cc2cccnc2[nH]1.c1cc[nH+]cc1.c1cnc2[nH]ccc2c1. The number of anilines is 3. The quantitative estimate of drug-likeness (QED) is 0.0159. The number of carbonyl (C=O) groups is 5. The number of esters is 3. The Hall–Kier alpha value is -14.5. The zero-order chi connectivity index (χ0) is 89.9. The van der Waals surface area contributed by atoms with Crippen LogP contribution in [0.1, 0.15) is 70.8 Å². The van der Waals surface area contributed by atoms with Crippen LogP contribution in [-0.4, -0.2) is 167 Å². The molecule has 18 rings (SSSR count). The molecule has 1 amide bonds. The average molecular weight is 1850 g/mol. The van der Waals surface area contributed by atoms with E-state index in [4.69, 9.17) is 52.1 Å². The van der Waals surface area contributed by atoms with Gasteiger partial charge in [-0.25, -0.2) is 58.5 Å². The molecule has 1 aliphatic heterocycles. The van der Waals surface area contributed by atoms with Gasteiger partial charge in [-0.2, -0.15) is 4.21 Å². The molecular weight excluding hydrogens is 1760 g/mol. The summed E-state index contributed by atoms with van der Waals surface area (Å²) in [5.74, 6) is -3.25. The Balaban J connectivity index is 0.000000218. The molecule has 14 heterocycles. The Labute approximate surface area is 735 Å². The van der Waals surface area contributed by atoms with E-state index in [0.29, 0.717) is 78.0 Å². The van der Waals surface area contributed by atoms with Crippen LogP contribution in [0, 0.1) is 17.6 Å². The van der Waals surface area contributed by atoms with Crippen molar-refractivity contribution >= 4 is 176 Å². The molecule has 126 heavy (non-hydrogen) atoms. The van der Waals surface area contributed by atoms with Gasteiger partial charge in [0.05, 0.1) is 32.1 Å².